The first-order valence-electron chi connectivity index (χ1n) is 12.4. The van der Waals surface area contributed by atoms with Crippen molar-refractivity contribution < 1.29 is 9.47 Å². The van der Waals surface area contributed by atoms with Gasteiger partial charge in [-0.1, -0.05) is 30.3 Å². The molecule has 0 radical (unpaired) electrons. The molecular weight excluding hydrogens is 414 g/mol. The SMILES string of the molecule is CCn1ncc2c(NC3CCOCC3)c(CN3CCC(OCc4ccccc4)CC3)cnc21. The molecule has 3 aromatic rings. The van der Waals surface area contributed by atoms with Crippen molar-refractivity contribution in [3.05, 3.63) is 53.9 Å². The van der Waals surface area contributed by atoms with Gasteiger partial charge in [0, 0.05) is 57.2 Å². The summed E-state index contributed by atoms with van der Waals surface area (Å²) in [6, 6.07) is 10.9. The quantitative estimate of drug-likeness (QED) is 0.555. The number of piperidine rings is 1. The highest BCUT2D eigenvalue weighted by molar-refractivity contribution is 5.90. The summed E-state index contributed by atoms with van der Waals surface area (Å²) in [5.41, 5.74) is 4.67. The maximum absolute atomic E-state index is 6.19. The van der Waals surface area contributed by atoms with Crippen LogP contribution in [-0.4, -0.2) is 58.1 Å². The number of hydrogen-bond donors (Lipinski definition) is 1. The lowest BCUT2D eigenvalue weighted by Gasteiger charge is -2.33. The van der Waals surface area contributed by atoms with Gasteiger partial charge in [0.05, 0.1) is 30.0 Å². The Hall–Kier alpha value is -2.48. The van der Waals surface area contributed by atoms with Crippen LogP contribution in [0.15, 0.2) is 42.7 Å². The predicted molar refractivity (Wildman–Crippen MR) is 130 cm³/mol. The maximum Gasteiger partial charge on any atom is 0.159 e. The molecule has 4 heterocycles. The lowest BCUT2D eigenvalue weighted by atomic mass is 10.0. The molecule has 0 aliphatic carbocycles. The average Bonchev–Trinajstić information content (AvgIpc) is 3.30. The van der Waals surface area contributed by atoms with E-state index in [4.69, 9.17) is 14.5 Å². The fourth-order valence-corrected chi connectivity index (χ4v) is 4.90. The minimum Gasteiger partial charge on any atom is -0.381 e. The molecule has 0 saturated carbocycles. The Kier molecular flexibility index (Phi) is 7.19. The monoisotopic (exact) mass is 449 g/mol. The number of benzene rings is 1. The molecular formula is C26H35N5O2. The van der Waals surface area contributed by atoms with Crippen molar-refractivity contribution in [2.24, 2.45) is 0 Å². The number of aromatic nitrogens is 3. The lowest BCUT2D eigenvalue weighted by Crippen LogP contribution is -2.37. The third-order valence-electron chi connectivity index (χ3n) is 6.87. The second kappa shape index (κ2) is 10.6. The Labute approximate surface area is 196 Å². The van der Waals surface area contributed by atoms with Crippen molar-refractivity contribution in [3.63, 3.8) is 0 Å². The van der Waals surface area contributed by atoms with Gasteiger partial charge in [0.2, 0.25) is 0 Å². The van der Waals surface area contributed by atoms with Crippen LogP contribution in [0, 0.1) is 0 Å². The molecule has 2 aliphatic heterocycles. The van der Waals surface area contributed by atoms with E-state index in [1.165, 1.54) is 16.8 Å². The molecule has 0 unspecified atom stereocenters. The second-order valence-electron chi connectivity index (χ2n) is 9.16. The van der Waals surface area contributed by atoms with Gasteiger partial charge in [-0.2, -0.15) is 5.10 Å². The van der Waals surface area contributed by atoms with Gasteiger partial charge < -0.3 is 14.8 Å². The molecule has 1 aromatic carbocycles. The van der Waals surface area contributed by atoms with Crippen molar-refractivity contribution in [1.82, 2.24) is 19.7 Å². The fraction of sp³-hybridized carbons (Fsp3) is 0.538. The van der Waals surface area contributed by atoms with Crippen molar-refractivity contribution in [2.75, 3.05) is 31.6 Å². The Balaban J connectivity index is 1.25. The number of hydrogen-bond acceptors (Lipinski definition) is 6. The van der Waals surface area contributed by atoms with Crippen LogP contribution in [0.1, 0.15) is 43.7 Å². The smallest absolute Gasteiger partial charge is 0.159 e. The van der Waals surface area contributed by atoms with Crippen LogP contribution in [-0.2, 0) is 29.2 Å². The minimum absolute atomic E-state index is 0.338. The normalized spacial score (nSPS) is 18.7. The number of fused-ring (bicyclic) bond motifs is 1. The van der Waals surface area contributed by atoms with E-state index in [0.717, 1.165) is 76.1 Å². The highest BCUT2D eigenvalue weighted by atomic mass is 16.5. The number of aryl methyl sites for hydroxylation is 1. The summed E-state index contributed by atoms with van der Waals surface area (Å²) >= 11 is 0. The number of nitrogens with one attached hydrogen (secondary N) is 1. The van der Waals surface area contributed by atoms with Crippen LogP contribution in [0.25, 0.3) is 11.0 Å². The van der Waals surface area contributed by atoms with Crippen LogP contribution in [0.4, 0.5) is 5.69 Å². The van der Waals surface area contributed by atoms with Crippen LogP contribution in [0.2, 0.25) is 0 Å². The Bertz CT molecular complexity index is 1020. The van der Waals surface area contributed by atoms with Crippen molar-refractivity contribution in [2.45, 2.75) is 64.4 Å². The van der Waals surface area contributed by atoms with Crippen LogP contribution in [0.3, 0.4) is 0 Å². The van der Waals surface area contributed by atoms with Crippen molar-refractivity contribution in [3.8, 4) is 0 Å². The van der Waals surface area contributed by atoms with Crippen LogP contribution in [0.5, 0.6) is 0 Å². The van der Waals surface area contributed by atoms with Gasteiger partial charge in [0.15, 0.2) is 5.65 Å². The number of rotatable bonds is 8. The van der Waals surface area contributed by atoms with E-state index in [2.05, 4.69) is 52.7 Å². The molecule has 0 atom stereocenters. The molecule has 0 amide bonds. The number of pyridine rings is 1. The molecule has 33 heavy (non-hydrogen) atoms. The number of nitrogens with zero attached hydrogens (tertiary/aromatic N) is 4. The summed E-state index contributed by atoms with van der Waals surface area (Å²) in [6.07, 6.45) is 8.57. The maximum atomic E-state index is 6.19. The van der Waals surface area contributed by atoms with E-state index < -0.39 is 0 Å². The Morgan fingerprint density at radius 2 is 1.85 bits per heavy atom. The van der Waals surface area contributed by atoms with E-state index in [1.807, 2.05) is 16.9 Å². The molecule has 2 aromatic heterocycles. The first-order valence-corrected chi connectivity index (χ1v) is 12.4. The molecule has 5 rings (SSSR count). The Morgan fingerprint density at radius 1 is 1.06 bits per heavy atom. The highest BCUT2D eigenvalue weighted by Gasteiger charge is 2.23. The van der Waals surface area contributed by atoms with E-state index in [-0.39, 0.29) is 0 Å². The molecule has 2 aliphatic rings. The molecule has 2 saturated heterocycles. The summed E-state index contributed by atoms with van der Waals surface area (Å²) in [6.45, 7) is 8.27. The van der Waals surface area contributed by atoms with Gasteiger partial charge in [0.1, 0.15) is 0 Å². The number of likely N-dealkylation sites (tertiary alicyclic amines) is 1. The second-order valence-corrected chi connectivity index (χ2v) is 9.16. The zero-order valence-electron chi connectivity index (χ0n) is 19.6. The molecule has 0 spiro atoms. The number of anilines is 1. The van der Waals surface area contributed by atoms with Crippen molar-refractivity contribution >= 4 is 16.7 Å². The molecule has 0 bridgehead atoms. The summed E-state index contributed by atoms with van der Waals surface area (Å²) < 4.78 is 13.7. The molecule has 7 heteroatoms. The first-order chi connectivity index (χ1) is 16.3. The van der Waals surface area contributed by atoms with E-state index in [0.29, 0.717) is 18.8 Å². The molecule has 2 fully saturated rings. The summed E-state index contributed by atoms with van der Waals surface area (Å²) in [7, 11) is 0. The van der Waals surface area contributed by atoms with E-state index in [9.17, 15) is 0 Å². The standard InChI is InChI=1S/C26H35N5O2/c1-2-31-26-24(17-28-31)25(29-22-10-14-32-15-11-22)21(16-27-26)18-30-12-8-23(9-13-30)33-19-20-6-4-3-5-7-20/h3-7,16-17,22-23H,2,8-15,18-19H2,1H3,(H,27,29). The zero-order valence-corrected chi connectivity index (χ0v) is 19.6. The topological polar surface area (TPSA) is 64.4 Å². The van der Waals surface area contributed by atoms with Gasteiger partial charge in [0.25, 0.3) is 0 Å². The van der Waals surface area contributed by atoms with E-state index in [1.54, 1.807) is 0 Å². The zero-order chi connectivity index (χ0) is 22.5. The van der Waals surface area contributed by atoms with Gasteiger partial charge >= 0.3 is 0 Å². The first kappa shape index (κ1) is 22.3. The van der Waals surface area contributed by atoms with Crippen LogP contribution < -0.4 is 5.32 Å². The largest absolute Gasteiger partial charge is 0.381 e. The van der Waals surface area contributed by atoms with Gasteiger partial charge in [-0.05, 0) is 38.2 Å². The van der Waals surface area contributed by atoms with Crippen LogP contribution >= 0.6 is 0 Å². The van der Waals surface area contributed by atoms with E-state index >= 15 is 0 Å². The van der Waals surface area contributed by atoms with Gasteiger partial charge in [-0.25, -0.2) is 9.67 Å². The van der Waals surface area contributed by atoms with Gasteiger partial charge in [-0.15, -0.1) is 0 Å². The average molecular weight is 450 g/mol. The van der Waals surface area contributed by atoms with Gasteiger partial charge in [-0.3, -0.25) is 4.90 Å². The Morgan fingerprint density at radius 3 is 2.61 bits per heavy atom. The summed E-state index contributed by atoms with van der Waals surface area (Å²) in [4.78, 5) is 7.33. The minimum atomic E-state index is 0.338. The van der Waals surface area contributed by atoms with Crippen molar-refractivity contribution in [1.29, 1.82) is 0 Å². The summed E-state index contributed by atoms with van der Waals surface area (Å²) in [5, 5.41) is 9.54. The number of ether oxygens (including phenoxy) is 2. The lowest BCUT2D eigenvalue weighted by molar-refractivity contribution is -0.00391. The molecule has 176 valence electrons. The third kappa shape index (κ3) is 5.37. The molecule has 7 nitrogen and oxygen atoms in total. The third-order valence-corrected chi connectivity index (χ3v) is 6.87. The predicted octanol–water partition coefficient (Wildman–Crippen LogP) is 4.22. The fourth-order valence-electron chi connectivity index (χ4n) is 4.90. The molecule has 1 N–H and O–H groups in total. The highest BCUT2D eigenvalue weighted by Crippen LogP contribution is 2.30. The summed E-state index contributed by atoms with van der Waals surface area (Å²) in [5.74, 6) is 0.